The Labute approximate surface area is 161 Å². The van der Waals surface area contributed by atoms with Gasteiger partial charge >= 0.3 is 5.97 Å². The standard InChI is InChI=1S/C22H21FN2O3/c23-17-9-6-15(7-10-17)14-28-22(27)16-8-11-18-19(13-16)24-20-5-3-1-2-4-12-25(20)21(18)26/h6-11,13H,1-5,12,14H2. The molecule has 0 radical (unpaired) electrons. The normalized spacial score (nSPS) is 14.2. The van der Waals surface area contributed by atoms with Crippen molar-refractivity contribution in [3.8, 4) is 0 Å². The zero-order valence-corrected chi connectivity index (χ0v) is 15.5. The third-order valence-corrected chi connectivity index (χ3v) is 5.09. The van der Waals surface area contributed by atoms with E-state index in [4.69, 9.17) is 4.74 Å². The SMILES string of the molecule is O=C(OCc1ccc(F)cc1)c1ccc2c(=O)n3c(nc2c1)CCCCCC3. The van der Waals surface area contributed by atoms with Gasteiger partial charge in [-0.3, -0.25) is 9.36 Å². The van der Waals surface area contributed by atoms with E-state index in [9.17, 15) is 14.0 Å². The molecule has 0 aliphatic carbocycles. The van der Waals surface area contributed by atoms with Gasteiger partial charge in [0.05, 0.1) is 16.5 Å². The summed E-state index contributed by atoms with van der Waals surface area (Å²) in [5.74, 6) is -0.0503. The van der Waals surface area contributed by atoms with Crippen LogP contribution < -0.4 is 5.56 Å². The van der Waals surface area contributed by atoms with Crippen molar-refractivity contribution in [3.63, 3.8) is 0 Å². The highest BCUT2D eigenvalue weighted by Crippen LogP contribution is 2.17. The molecule has 2 aromatic carbocycles. The van der Waals surface area contributed by atoms with Crippen molar-refractivity contribution in [3.05, 3.63) is 75.6 Å². The van der Waals surface area contributed by atoms with Gasteiger partial charge in [0.1, 0.15) is 18.2 Å². The number of rotatable bonds is 3. The van der Waals surface area contributed by atoms with Crippen molar-refractivity contribution in [1.82, 2.24) is 9.55 Å². The zero-order valence-electron chi connectivity index (χ0n) is 15.5. The van der Waals surface area contributed by atoms with Gasteiger partial charge in [-0.05, 0) is 48.7 Å². The van der Waals surface area contributed by atoms with E-state index in [0.29, 0.717) is 28.6 Å². The monoisotopic (exact) mass is 380 g/mol. The second kappa shape index (κ2) is 7.92. The van der Waals surface area contributed by atoms with Crippen molar-refractivity contribution in [2.24, 2.45) is 0 Å². The molecule has 5 nitrogen and oxygen atoms in total. The van der Waals surface area contributed by atoms with Crippen LogP contribution in [-0.2, 0) is 24.3 Å². The zero-order chi connectivity index (χ0) is 19.5. The molecule has 0 saturated carbocycles. The lowest BCUT2D eigenvalue weighted by Gasteiger charge is -2.16. The fourth-order valence-electron chi connectivity index (χ4n) is 3.53. The largest absolute Gasteiger partial charge is 0.457 e. The minimum atomic E-state index is -0.500. The lowest BCUT2D eigenvalue weighted by molar-refractivity contribution is 0.0473. The number of carbonyl (C=O) groups is 1. The average molecular weight is 380 g/mol. The van der Waals surface area contributed by atoms with Gasteiger partial charge in [0.2, 0.25) is 0 Å². The van der Waals surface area contributed by atoms with E-state index in [1.807, 2.05) is 0 Å². The minimum absolute atomic E-state index is 0.0480. The Morgan fingerprint density at radius 2 is 1.86 bits per heavy atom. The molecule has 0 saturated heterocycles. The van der Waals surface area contributed by atoms with Crippen molar-refractivity contribution in [2.75, 3.05) is 0 Å². The van der Waals surface area contributed by atoms with Crippen LogP contribution in [0.25, 0.3) is 10.9 Å². The maximum absolute atomic E-state index is 13.0. The Morgan fingerprint density at radius 3 is 2.68 bits per heavy atom. The molecule has 28 heavy (non-hydrogen) atoms. The molecule has 0 unspecified atom stereocenters. The molecular weight excluding hydrogens is 359 g/mol. The number of hydrogen-bond donors (Lipinski definition) is 0. The number of fused-ring (bicyclic) bond motifs is 2. The van der Waals surface area contributed by atoms with E-state index in [1.165, 1.54) is 12.1 Å². The Morgan fingerprint density at radius 1 is 1.07 bits per heavy atom. The van der Waals surface area contributed by atoms with Crippen LogP contribution in [0.3, 0.4) is 0 Å². The molecule has 1 aliphatic rings. The molecule has 0 amide bonds. The molecule has 0 bridgehead atoms. The van der Waals surface area contributed by atoms with Crippen LogP contribution in [-0.4, -0.2) is 15.5 Å². The topological polar surface area (TPSA) is 61.2 Å². The van der Waals surface area contributed by atoms with E-state index in [1.54, 1.807) is 34.9 Å². The highest BCUT2D eigenvalue weighted by atomic mass is 19.1. The quantitative estimate of drug-likeness (QED) is 0.644. The highest BCUT2D eigenvalue weighted by molar-refractivity contribution is 5.94. The maximum Gasteiger partial charge on any atom is 0.338 e. The number of carbonyl (C=O) groups excluding carboxylic acids is 1. The number of hydrogen-bond acceptors (Lipinski definition) is 4. The number of esters is 1. The molecular formula is C22H21FN2O3. The molecule has 2 heterocycles. The second-order valence-electron chi connectivity index (χ2n) is 7.08. The van der Waals surface area contributed by atoms with Crippen LogP contribution in [0.2, 0.25) is 0 Å². The summed E-state index contributed by atoms with van der Waals surface area (Å²) in [7, 11) is 0. The van der Waals surface area contributed by atoms with Gasteiger partial charge in [0, 0.05) is 13.0 Å². The van der Waals surface area contributed by atoms with Gasteiger partial charge in [0.25, 0.3) is 5.56 Å². The first-order valence-corrected chi connectivity index (χ1v) is 9.57. The van der Waals surface area contributed by atoms with Gasteiger partial charge in [0.15, 0.2) is 0 Å². The van der Waals surface area contributed by atoms with Crippen LogP contribution >= 0.6 is 0 Å². The predicted molar refractivity (Wildman–Crippen MR) is 104 cm³/mol. The Balaban J connectivity index is 1.59. The third-order valence-electron chi connectivity index (χ3n) is 5.09. The first-order valence-electron chi connectivity index (χ1n) is 9.57. The van der Waals surface area contributed by atoms with E-state index >= 15 is 0 Å². The first-order chi connectivity index (χ1) is 13.6. The van der Waals surface area contributed by atoms with Gasteiger partial charge in [-0.1, -0.05) is 25.0 Å². The van der Waals surface area contributed by atoms with Crippen molar-refractivity contribution in [1.29, 1.82) is 0 Å². The smallest absolute Gasteiger partial charge is 0.338 e. The van der Waals surface area contributed by atoms with Crippen molar-refractivity contribution < 1.29 is 13.9 Å². The van der Waals surface area contributed by atoms with Crippen molar-refractivity contribution in [2.45, 2.75) is 45.3 Å². The van der Waals surface area contributed by atoms with E-state index in [0.717, 1.165) is 37.9 Å². The van der Waals surface area contributed by atoms with Crippen LogP contribution in [0, 0.1) is 5.82 Å². The molecule has 144 valence electrons. The van der Waals surface area contributed by atoms with Gasteiger partial charge in [-0.25, -0.2) is 14.2 Å². The summed E-state index contributed by atoms with van der Waals surface area (Å²) in [5, 5.41) is 0.513. The average Bonchev–Trinajstić information content (AvgIpc) is 2.68. The molecule has 0 N–H and O–H groups in total. The van der Waals surface area contributed by atoms with Crippen LogP contribution in [0.4, 0.5) is 4.39 Å². The maximum atomic E-state index is 13.0. The lowest BCUT2D eigenvalue weighted by atomic mass is 10.1. The first kappa shape index (κ1) is 18.3. The second-order valence-corrected chi connectivity index (χ2v) is 7.08. The van der Waals surface area contributed by atoms with Crippen molar-refractivity contribution >= 4 is 16.9 Å². The van der Waals surface area contributed by atoms with Gasteiger partial charge in [-0.15, -0.1) is 0 Å². The van der Waals surface area contributed by atoms with E-state index < -0.39 is 5.97 Å². The molecule has 0 spiro atoms. The Kier molecular flexibility index (Phi) is 5.19. The fourth-order valence-corrected chi connectivity index (χ4v) is 3.53. The summed E-state index contributed by atoms with van der Waals surface area (Å²) in [5.41, 5.74) is 1.52. The minimum Gasteiger partial charge on any atom is -0.457 e. The molecule has 0 atom stereocenters. The van der Waals surface area contributed by atoms with Gasteiger partial charge in [-0.2, -0.15) is 0 Å². The number of ether oxygens (including phenoxy) is 1. The number of aryl methyl sites for hydroxylation is 1. The molecule has 4 rings (SSSR count). The summed E-state index contributed by atoms with van der Waals surface area (Å²) in [6.45, 7) is 0.746. The van der Waals surface area contributed by atoms with Crippen LogP contribution in [0.5, 0.6) is 0 Å². The Bertz CT molecular complexity index is 1070. The lowest BCUT2D eigenvalue weighted by Crippen LogP contribution is -2.26. The summed E-state index contributed by atoms with van der Waals surface area (Å²) >= 11 is 0. The molecule has 6 heteroatoms. The molecule has 3 aromatic rings. The number of nitrogens with zero attached hydrogens (tertiary/aromatic N) is 2. The predicted octanol–water partition coefficient (Wildman–Crippen LogP) is 4.01. The van der Waals surface area contributed by atoms with Crippen LogP contribution in [0.15, 0.2) is 47.3 Å². The number of halogens is 1. The molecule has 0 fully saturated rings. The highest BCUT2D eigenvalue weighted by Gasteiger charge is 2.15. The number of benzene rings is 2. The Hall–Kier alpha value is -3.02. The molecule has 1 aliphatic heterocycles. The fraction of sp³-hybridized carbons (Fsp3) is 0.318. The number of aromatic nitrogens is 2. The summed E-state index contributed by atoms with van der Waals surface area (Å²) in [6.07, 6.45) is 5.03. The summed E-state index contributed by atoms with van der Waals surface area (Å²) < 4.78 is 20.0. The van der Waals surface area contributed by atoms with E-state index in [-0.39, 0.29) is 18.0 Å². The third kappa shape index (κ3) is 3.81. The molecule has 1 aromatic heterocycles. The van der Waals surface area contributed by atoms with Crippen LogP contribution in [0.1, 0.15) is 47.4 Å². The summed E-state index contributed by atoms with van der Waals surface area (Å²) in [6, 6.07) is 10.6. The van der Waals surface area contributed by atoms with Gasteiger partial charge < -0.3 is 4.74 Å². The summed E-state index contributed by atoms with van der Waals surface area (Å²) in [4.78, 5) is 29.9. The van der Waals surface area contributed by atoms with E-state index in [2.05, 4.69) is 4.98 Å².